The van der Waals surface area contributed by atoms with E-state index in [-0.39, 0.29) is 17.3 Å². The van der Waals surface area contributed by atoms with Gasteiger partial charge in [0.15, 0.2) is 0 Å². The van der Waals surface area contributed by atoms with E-state index in [0.29, 0.717) is 34.5 Å². The summed E-state index contributed by atoms with van der Waals surface area (Å²) in [5, 5.41) is 11.6. The summed E-state index contributed by atoms with van der Waals surface area (Å²) in [5.74, 6) is 0.494. The first kappa shape index (κ1) is 26.2. The molecule has 0 unspecified atom stereocenters. The Labute approximate surface area is 212 Å². The standard InChI is InChI=1S/C23H21ClN4O5S2/c1-14-5-4-6-15(2)20(14)33-10-9-32-19-8-7-16(12-18(19)24)11-17(13-25)21(29)26-22-27-23(28-34-22)35(3,30)31/h4-8,11-12H,9-10H2,1-3H3,(H,26,27,28,29)/b17-11-. The molecule has 0 atom stereocenters. The monoisotopic (exact) mass is 532 g/mol. The number of benzene rings is 2. The summed E-state index contributed by atoms with van der Waals surface area (Å²) >= 11 is 7.00. The van der Waals surface area contributed by atoms with Crippen LogP contribution in [0.15, 0.2) is 47.1 Å². The number of halogens is 1. The summed E-state index contributed by atoms with van der Waals surface area (Å²) in [7, 11) is -3.60. The van der Waals surface area contributed by atoms with E-state index >= 15 is 0 Å². The predicted octanol–water partition coefficient (Wildman–Crippen LogP) is 4.22. The lowest BCUT2D eigenvalue weighted by Gasteiger charge is -2.13. The Morgan fingerprint density at radius 1 is 1.20 bits per heavy atom. The fraction of sp³-hybridized carbons (Fsp3) is 0.217. The van der Waals surface area contributed by atoms with E-state index in [1.165, 1.54) is 6.08 Å². The maximum Gasteiger partial charge on any atom is 0.268 e. The van der Waals surface area contributed by atoms with Gasteiger partial charge in [-0.1, -0.05) is 35.9 Å². The molecule has 1 aromatic heterocycles. The number of hydrogen-bond donors (Lipinski definition) is 1. The molecule has 0 spiro atoms. The smallest absolute Gasteiger partial charge is 0.268 e. The highest BCUT2D eigenvalue weighted by Gasteiger charge is 2.17. The lowest BCUT2D eigenvalue weighted by molar-refractivity contribution is -0.112. The van der Waals surface area contributed by atoms with Gasteiger partial charge in [-0.05, 0) is 48.7 Å². The first-order valence-corrected chi connectivity index (χ1v) is 13.2. The van der Waals surface area contributed by atoms with Crippen molar-refractivity contribution in [2.75, 3.05) is 24.8 Å². The molecular formula is C23H21ClN4O5S2. The minimum Gasteiger partial charge on any atom is -0.489 e. The van der Waals surface area contributed by atoms with Crippen molar-refractivity contribution in [3.8, 4) is 17.6 Å². The van der Waals surface area contributed by atoms with Crippen molar-refractivity contribution in [2.24, 2.45) is 0 Å². The molecule has 0 saturated heterocycles. The second kappa shape index (κ2) is 11.3. The maximum atomic E-state index is 12.4. The van der Waals surface area contributed by atoms with E-state index in [9.17, 15) is 18.5 Å². The van der Waals surface area contributed by atoms with Gasteiger partial charge in [0, 0.05) is 17.8 Å². The number of para-hydroxylation sites is 1. The van der Waals surface area contributed by atoms with E-state index in [0.717, 1.165) is 23.1 Å². The maximum absolute atomic E-state index is 12.4. The van der Waals surface area contributed by atoms with Gasteiger partial charge in [-0.15, -0.1) is 0 Å². The Hall–Kier alpha value is -3.46. The minimum atomic E-state index is -3.60. The quantitative estimate of drug-likeness (QED) is 0.246. The molecule has 0 saturated carbocycles. The molecule has 35 heavy (non-hydrogen) atoms. The lowest BCUT2D eigenvalue weighted by atomic mass is 10.1. The zero-order chi connectivity index (χ0) is 25.6. The fourth-order valence-electron chi connectivity index (χ4n) is 2.94. The largest absolute Gasteiger partial charge is 0.489 e. The Balaban J connectivity index is 1.61. The molecule has 0 radical (unpaired) electrons. The average molecular weight is 533 g/mol. The van der Waals surface area contributed by atoms with E-state index in [2.05, 4.69) is 14.7 Å². The van der Waals surface area contributed by atoms with Crippen LogP contribution in [0.4, 0.5) is 5.13 Å². The van der Waals surface area contributed by atoms with Crippen molar-refractivity contribution in [1.82, 2.24) is 9.36 Å². The van der Waals surface area contributed by atoms with Crippen LogP contribution in [0.1, 0.15) is 16.7 Å². The van der Waals surface area contributed by atoms with Crippen LogP contribution in [-0.2, 0) is 14.6 Å². The third-order valence-electron chi connectivity index (χ3n) is 4.59. The highest BCUT2D eigenvalue weighted by atomic mass is 35.5. The number of aryl methyl sites for hydroxylation is 2. The molecule has 0 aliphatic carbocycles. The number of aromatic nitrogens is 2. The van der Waals surface area contributed by atoms with Gasteiger partial charge < -0.3 is 9.47 Å². The lowest BCUT2D eigenvalue weighted by Crippen LogP contribution is -2.13. The van der Waals surface area contributed by atoms with Crippen molar-refractivity contribution in [1.29, 1.82) is 5.26 Å². The van der Waals surface area contributed by atoms with E-state index in [1.807, 2.05) is 32.0 Å². The van der Waals surface area contributed by atoms with Crippen LogP contribution in [0, 0.1) is 25.2 Å². The van der Waals surface area contributed by atoms with Crippen LogP contribution in [0.2, 0.25) is 5.02 Å². The highest BCUT2D eigenvalue weighted by molar-refractivity contribution is 7.90. The van der Waals surface area contributed by atoms with E-state index < -0.39 is 20.9 Å². The molecule has 3 aromatic rings. The molecule has 0 aliphatic heterocycles. The van der Waals surface area contributed by atoms with Crippen LogP contribution in [0.25, 0.3) is 6.08 Å². The van der Waals surface area contributed by atoms with Crippen LogP contribution in [0.3, 0.4) is 0 Å². The molecule has 3 rings (SSSR count). The molecule has 1 N–H and O–H groups in total. The summed E-state index contributed by atoms with van der Waals surface area (Å²) in [6.07, 6.45) is 2.30. The third kappa shape index (κ3) is 7.02. The van der Waals surface area contributed by atoms with Gasteiger partial charge in [0.05, 0.1) is 5.02 Å². The number of carbonyl (C=O) groups is 1. The van der Waals surface area contributed by atoms with Crippen LogP contribution in [-0.4, -0.2) is 43.2 Å². The Bertz CT molecular complexity index is 1410. The van der Waals surface area contributed by atoms with Crippen LogP contribution < -0.4 is 14.8 Å². The first-order valence-electron chi connectivity index (χ1n) is 10.2. The number of nitrogens with one attached hydrogen (secondary N) is 1. The van der Waals surface area contributed by atoms with Crippen molar-refractivity contribution >= 4 is 50.1 Å². The molecule has 1 amide bonds. The minimum absolute atomic E-state index is 0.0403. The molecule has 1 heterocycles. The van der Waals surface area contributed by atoms with E-state index in [4.69, 9.17) is 21.1 Å². The zero-order valence-electron chi connectivity index (χ0n) is 19.0. The van der Waals surface area contributed by atoms with Crippen molar-refractivity contribution in [2.45, 2.75) is 19.0 Å². The second-order valence-corrected chi connectivity index (χ2v) is 10.5. The number of carbonyl (C=O) groups excluding carboxylic acids is 1. The number of nitriles is 1. The average Bonchev–Trinajstić information content (AvgIpc) is 3.27. The summed E-state index contributed by atoms with van der Waals surface area (Å²) in [4.78, 5) is 16.2. The van der Waals surface area contributed by atoms with Crippen molar-refractivity contribution < 1.29 is 22.7 Å². The number of anilines is 1. The number of nitrogens with zero attached hydrogens (tertiary/aromatic N) is 3. The van der Waals surface area contributed by atoms with Gasteiger partial charge in [0.2, 0.25) is 15.0 Å². The highest BCUT2D eigenvalue weighted by Crippen LogP contribution is 2.27. The third-order valence-corrected chi connectivity index (χ3v) is 6.47. The predicted molar refractivity (Wildman–Crippen MR) is 134 cm³/mol. The van der Waals surface area contributed by atoms with E-state index in [1.54, 1.807) is 24.3 Å². The SMILES string of the molecule is Cc1cccc(C)c1OCCOc1ccc(/C=C(/C#N)C(=O)Nc2nc(S(C)(=O)=O)ns2)cc1Cl. The second-order valence-electron chi connectivity index (χ2n) is 7.39. The molecule has 0 aliphatic rings. The summed E-state index contributed by atoms with van der Waals surface area (Å²) in [5.41, 5.74) is 2.35. The summed E-state index contributed by atoms with van der Waals surface area (Å²) in [6.45, 7) is 4.55. The first-order chi connectivity index (χ1) is 16.6. The topological polar surface area (TPSA) is 131 Å². The molecule has 182 valence electrons. The molecule has 2 aromatic carbocycles. The van der Waals surface area contributed by atoms with Gasteiger partial charge in [0.25, 0.3) is 11.1 Å². The molecule has 0 bridgehead atoms. The van der Waals surface area contributed by atoms with Crippen molar-refractivity contribution in [3.05, 3.63) is 63.7 Å². The molecule has 12 heteroatoms. The molecule has 9 nitrogen and oxygen atoms in total. The van der Waals surface area contributed by atoms with Gasteiger partial charge in [-0.25, -0.2) is 8.42 Å². The normalized spacial score (nSPS) is 11.6. The van der Waals surface area contributed by atoms with Gasteiger partial charge >= 0.3 is 0 Å². The van der Waals surface area contributed by atoms with Crippen molar-refractivity contribution in [3.63, 3.8) is 0 Å². The Kier molecular flexibility index (Phi) is 8.45. The van der Waals surface area contributed by atoms with Gasteiger partial charge in [-0.3, -0.25) is 10.1 Å². The number of amides is 1. The molecular weight excluding hydrogens is 512 g/mol. The fourth-order valence-corrected chi connectivity index (χ4v) is 4.62. The number of hydrogen-bond acceptors (Lipinski definition) is 9. The Morgan fingerprint density at radius 2 is 1.89 bits per heavy atom. The number of sulfone groups is 1. The molecule has 0 fully saturated rings. The van der Waals surface area contributed by atoms with Gasteiger partial charge in [-0.2, -0.15) is 14.6 Å². The van der Waals surface area contributed by atoms with Crippen LogP contribution >= 0.6 is 23.1 Å². The number of ether oxygens (including phenoxy) is 2. The van der Waals surface area contributed by atoms with Gasteiger partial charge in [0.1, 0.15) is 36.4 Å². The van der Waals surface area contributed by atoms with Crippen LogP contribution in [0.5, 0.6) is 11.5 Å². The summed E-state index contributed by atoms with van der Waals surface area (Å²) in [6, 6.07) is 12.6. The summed E-state index contributed by atoms with van der Waals surface area (Å²) < 4.78 is 38.1. The number of rotatable bonds is 9. The zero-order valence-corrected chi connectivity index (χ0v) is 21.4. The Morgan fingerprint density at radius 3 is 2.49 bits per heavy atom.